The molecule has 0 aliphatic carbocycles. The van der Waals surface area contributed by atoms with E-state index in [4.69, 9.17) is 0 Å². The van der Waals surface area contributed by atoms with Gasteiger partial charge < -0.3 is 9.55 Å². The highest BCUT2D eigenvalue weighted by Gasteiger charge is 2.20. The first kappa shape index (κ1) is 18.8. The number of aromatic nitrogens is 5. The number of aryl methyl sites for hydroxylation is 2. The van der Waals surface area contributed by atoms with Crippen molar-refractivity contribution in [1.29, 1.82) is 0 Å². The van der Waals surface area contributed by atoms with Gasteiger partial charge >= 0.3 is 0 Å². The second-order valence-electron chi connectivity index (χ2n) is 6.52. The van der Waals surface area contributed by atoms with Crippen molar-refractivity contribution in [3.05, 3.63) is 56.7 Å². The standard InChI is InChI=1S/C19H18FN5OS2/c1-9-10(2)27-18-14(9)17(26)21-15(22-18)11(3)28-19-24-23-16(25(19)4)12-7-5-6-8-13(12)20/h5-8,11H,1-4H3,(H,21,22,26). The van der Waals surface area contributed by atoms with E-state index >= 15 is 0 Å². The Kier molecular flexibility index (Phi) is 4.80. The maximum absolute atomic E-state index is 14.1. The maximum atomic E-state index is 14.1. The molecule has 9 heteroatoms. The van der Waals surface area contributed by atoms with Crippen molar-refractivity contribution in [2.24, 2.45) is 7.05 Å². The molecule has 28 heavy (non-hydrogen) atoms. The minimum atomic E-state index is -0.345. The molecule has 0 bridgehead atoms. The Morgan fingerprint density at radius 3 is 2.75 bits per heavy atom. The van der Waals surface area contributed by atoms with Crippen LogP contribution in [0.4, 0.5) is 4.39 Å². The highest BCUT2D eigenvalue weighted by Crippen LogP contribution is 2.35. The van der Waals surface area contributed by atoms with Gasteiger partial charge in [0.25, 0.3) is 5.56 Å². The molecule has 0 saturated carbocycles. The van der Waals surface area contributed by atoms with E-state index in [-0.39, 0.29) is 16.6 Å². The van der Waals surface area contributed by atoms with Gasteiger partial charge in [-0.2, -0.15) is 0 Å². The first-order chi connectivity index (χ1) is 13.4. The van der Waals surface area contributed by atoms with E-state index < -0.39 is 0 Å². The summed E-state index contributed by atoms with van der Waals surface area (Å²) < 4.78 is 15.8. The highest BCUT2D eigenvalue weighted by molar-refractivity contribution is 7.99. The van der Waals surface area contributed by atoms with Crippen LogP contribution >= 0.6 is 23.1 Å². The highest BCUT2D eigenvalue weighted by atomic mass is 32.2. The monoisotopic (exact) mass is 415 g/mol. The molecule has 0 amide bonds. The third kappa shape index (κ3) is 3.14. The fourth-order valence-electron chi connectivity index (χ4n) is 2.97. The Hall–Kier alpha value is -2.52. The molecule has 1 aromatic carbocycles. The van der Waals surface area contributed by atoms with Crippen LogP contribution in [-0.4, -0.2) is 24.7 Å². The lowest BCUT2D eigenvalue weighted by molar-refractivity contribution is 0.628. The number of benzene rings is 1. The van der Waals surface area contributed by atoms with Gasteiger partial charge in [0.2, 0.25) is 0 Å². The zero-order chi connectivity index (χ0) is 20.0. The van der Waals surface area contributed by atoms with Crippen molar-refractivity contribution in [3.8, 4) is 11.4 Å². The zero-order valence-corrected chi connectivity index (χ0v) is 17.4. The van der Waals surface area contributed by atoms with Crippen molar-refractivity contribution in [2.75, 3.05) is 0 Å². The first-order valence-electron chi connectivity index (χ1n) is 8.67. The molecule has 0 aliphatic rings. The summed E-state index contributed by atoms with van der Waals surface area (Å²) in [6.45, 7) is 5.87. The van der Waals surface area contributed by atoms with Gasteiger partial charge in [0.15, 0.2) is 11.0 Å². The summed E-state index contributed by atoms with van der Waals surface area (Å²) >= 11 is 2.93. The number of hydrogen-bond donors (Lipinski definition) is 1. The molecule has 0 saturated heterocycles. The third-order valence-electron chi connectivity index (χ3n) is 4.67. The van der Waals surface area contributed by atoms with E-state index in [1.54, 1.807) is 29.8 Å². The molecule has 1 atom stereocenters. The summed E-state index contributed by atoms with van der Waals surface area (Å²) in [5.74, 6) is 0.691. The van der Waals surface area contributed by atoms with Crippen LogP contribution in [0.15, 0.2) is 34.2 Å². The van der Waals surface area contributed by atoms with Crippen LogP contribution in [0.25, 0.3) is 21.6 Å². The van der Waals surface area contributed by atoms with Gasteiger partial charge in [0.1, 0.15) is 16.5 Å². The van der Waals surface area contributed by atoms with E-state index in [2.05, 4.69) is 20.2 Å². The number of hydrogen-bond acceptors (Lipinski definition) is 6. The second-order valence-corrected chi connectivity index (χ2v) is 9.03. The summed E-state index contributed by atoms with van der Waals surface area (Å²) in [4.78, 5) is 21.9. The van der Waals surface area contributed by atoms with E-state index in [1.807, 2.05) is 20.8 Å². The molecule has 3 aromatic heterocycles. The number of fused-ring (bicyclic) bond motifs is 1. The average molecular weight is 416 g/mol. The Balaban J connectivity index is 1.66. The normalized spacial score (nSPS) is 12.6. The number of rotatable bonds is 4. The molecule has 1 N–H and O–H groups in total. The van der Waals surface area contributed by atoms with Gasteiger partial charge in [-0.15, -0.1) is 21.5 Å². The van der Waals surface area contributed by atoms with Crippen molar-refractivity contribution in [2.45, 2.75) is 31.2 Å². The predicted molar refractivity (Wildman–Crippen MR) is 110 cm³/mol. The minimum Gasteiger partial charge on any atom is -0.309 e. The van der Waals surface area contributed by atoms with Crippen LogP contribution in [-0.2, 0) is 7.05 Å². The molecule has 6 nitrogen and oxygen atoms in total. The van der Waals surface area contributed by atoms with E-state index in [9.17, 15) is 9.18 Å². The quantitative estimate of drug-likeness (QED) is 0.500. The number of aromatic amines is 1. The van der Waals surface area contributed by atoms with Crippen molar-refractivity contribution in [1.82, 2.24) is 24.7 Å². The van der Waals surface area contributed by atoms with E-state index in [0.29, 0.717) is 27.8 Å². The smallest absolute Gasteiger partial charge is 0.259 e. The number of halogens is 1. The number of nitrogens with zero attached hydrogens (tertiary/aromatic N) is 4. The van der Waals surface area contributed by atoms with Crippen LogP contribution in [0.5, 0.6) is 0 Å². The molecule has 0 radical (unpaired) electrons. The summed E-state index contributed by atoms with van der Waals surface area (Å²) in [7, 11) is 1.79. The molecular formula is C19H18FN5OS2. The third-order valence-corrected chi connectivity index (χ3v) is 6.92. The molecule has 0 spiro atoms. The van der Waals surface area contributed by atoms with Gasteiger partial charge in [0.05, 0.1) is 16.2 Å². The summed E-state index contributed by atoms with van der Waals surface area (Å²) in [6.07, 6.45) is 0. The van der Waals surface area contributed by atoms with Crippen LogP contribution in [0.1, 0.15) is 28.4 Å². The lowest BCUT2D eigenvalue weighted by Gasteiger charge is -2.10. The van der Waals surface area contributed by atoms with Crippen LogP contribution in [0.3, 0.4) is 0 Å². The van der Waals surface area contributed by atoms with Crippen molar-refractivity contribution >= 4 is 33.3 Å². The molecule has 0 aliphatic heterocycles. The SMILES string of the molecule is Cc1sc2nc(C(C)Sc3nnc(-c4ccccc4F)n3C)[nH]c(=O)c2c1C. The zero-order valence-electron chi connectivity index (χ0n) is 15.8. The summed E-state index contributed by atoms with van der Waals surface area (Å²) in [6, 6.07) is 6.47. The summed E-state index contributed by atoms with van der Waals surface area (Å²) in [5, 5.41) is 9.45. The summed E-state index contributed by atoms with van der Waals surface area (Å²) in [5.41, 5.74) is 1.25. The van der Waals surface area contributed by atoms with Gasteiger partial charge in [0, 0.05) is 11.9 Å². The largest absolute Gasteiger partial charge is 0.309 e. The first-order valence-corrected chi connectivity index (χ1v) is 10.4. The van der Waals surface area contributed by atoms with Crippen LogP contribution in [0, 0.1) is 19.7 Å². The Labute approximate surface area is 168 Å². The van der Waals surface area contributed by atoms with Crippen molar-refractivity contribution < 1.29 is 4.39 Å². The number of H-pyrrole nitrogens is 1. The average Bonchev–Trinajstić information content (AvgIpc) is 3.15. The molecule has 1 unspecified atom stereocenters. The van der Waals surface area contributed by atoms with Crippen LogP contribution < -0.4 is 5.56 Å². The lowest BCUT2D eigenvalue weighted by Crippen LogP contribution is -2.12. The van der Waals surface area contributed by atoms with Gasteiger partial charge in [-0.25, -0.2) is 9.37 Å². The molecule has 4 rings (SSSR count). The second kappa shape index (κ2) is 7.14. The topological polar surface area (TPSA) is 76.5 Å². The van der Waals surface area contributed by atoms with Gasteiger partial charge in [-0.05, 0) is 38.5 Å². The molecule has 144 valence electrons. The Bertz CT molecular complexity index is 1240. The predicted octanol–water partition coefficient (Wildman–Crippen LogP) is 4.39. The maximum Gasteiger partial charge on any atom is 0.259 e. The molecule has 3 heterocycles. The van der Waals surface area contributed by atoms with Crippen molar-refractivity contribution in [3.63, 3.8) is 0 Å². The Morgan fingerprint density at radius 1 is 1.25 bits per heavy atom. The number of thioether (sulfide) groups is 1. The molecule has 4 aromatic rings. The minimum absolute atomic E-state index is 0.126. The fraction of sp³-hybridized carbons (Fsp3) is 0.263. The Morgan fingerprint density at radius 2 is 2.00 bits per heavy atom. The molecule has 0 fully saturated rings. The van der Waals surface area contributed by atoms with E-state index in [0.717, 1.165) is 15.3 Å². The van der Waals surface area contributed by atoms with Crippen LogP contribution in [0.2, 0.25) is 0 Å². The lowest BCUT2D eigenvalue weighted by atomic mass is 10.2. The van der Waals surface area contributed by atoms with Gasteiger partial charge in [-0.3, -0.25) is 4.79 Å². The molecular weight excluding hydrogens is 397 g/mol. The van der Waals surface area contributed by atoms with E-state index in [1.165, 1.54) is 29.2 Å². The fourth-order valence-corrected chi connectivity index (χ4v) is 4.88. The van der Waals surface area contributed by atoms with Gasteiger partial charge in [-0.1, -0.05) is 23.9 Å². The number of thiophene rings is 1. The number of nitrogens with one attached hydrogen (secondary N) is 1.